The van der Waals surface area contributed by atoms with E-state index in [2.05, 4.69) is 5.32 Å². The van der Waals surface area contributed by atoms with Crippen molar-refractivity contribution >= 4 is 27.5 Å². The Morgan fingerprint density at radius 1 is 1.19 bits per heavy atom. The first-order valence-electron chi connectivity index (χ1n) is 8.49. The molecule has 1 heterocycles. The molecule has 0 saturated carbocycles. The number of hydrogen-bond donors (Lipinski definition) is 1. The minimum absolute atomic E-state index is 0.0200. The van der Waals surface area contributed by atoms with Crippen LogP contribution in [0.5, 0.6) is 0 Å². The van der Waals surface area contributed by atoms with Gasteiger partial charge >= 0.3 is 0 Å². The predicted molar refractivity (Wildman–Crippen MR) is 104 cm³/mol. The minimum Gasteiger partial charge on any atom is -0.350 e. The molecular weight excluding hydrogens is 390 g/mol. The molecule has 0 aliphatic carbocycles. The third-order valence-electron chi connectivity index (χ3n) is 3.99. The van der Waals surface area contributed by atoms with Crippen LogP contribution in [0.4, 0.5) is 0 Å². The second kappa shape index (κ2) is 9.16. The lowest BCUT2D eigenvalue weighted by Crippen LogP contribution is -2.34. The number of nitrogens with zero attached hydrogens (tertiary/aromatic N) is 2. The molecule has 146 valence electrons. The number of amides is 1. The summed E-state index contributed by atoms with van der Waals surface area (Å²) < 4.78 is 27.5. The second-order valence-corrected chi connectivity index (χ2v) is 8.20. The van der Waals surface area contributed by atoms with Crippen LogP contribution in [0.1, 0.15) is 19.4 Å². The second-order valence-electron chi connectivity index (χ2n) is 5.83. The Labute approximate surface area is 163 Å². The molecule has 0 aliphatic heterocycles. The van der Waals surface area contributed by atoms with Crippen LogP contribution < -0.4 is 10.9 Å². The zero-order valence-electron chi connectivity index (χ0n) is 15.2. The Morgan fingerprint density at radius 3 is 2.52 bits per heavy atom. The SMILES string of the molecule is CCN(CC)S(=O)(=O)c1ccc(=O)n(CC(=O)NCc2cccc(Cl)c2)c1. The molecule has 0 atom stereocenters. The van der Waals surface area contributed by atoms with Crippen molar-refractivity contribution in [1.82, 2.24) is 14.2 Å². The summed E-state index contributed by atoms with van der Waals surface area (Å²) in [6, 6.07) is 9.46. The predicted octanol–water partition coefficient (Wildman–Crippen LogP) is 1.85. The van der Waals surface area contributed by atoms with Gasteiger partial charge in [-0.1, -0.05) is 37.6 Å². The van der Waals surface area contributed by atoms with E-state index in [1.807, 2.05) is 6.07 Å². The van der Waals surface area contributed by atoms with E-state index in [4.69, 9.17) is 11.6 Å². The van der Waals surface area contributed by atoms with Crippen LogP contribution in [0.2, 0.25) is 5.02 Å². The third kappa shape index (κ3) is 5.41. The van der Waals surface area contributed by atoms with Crippen LogP contribution in [-0.2, 0) is 27.9 Å². The highest BCUT2D eigenvalue weighted by Gasteiger charge is 2.22. The normalized spacial score (nSPS) is 11.6. The average Bonchev–Trinajstić information content (AvgIpc) is 2.62. The summed E-state index contributed by atoms with van der Waals surface area (Å²) in [7, 11) is -3.71. The number of nitrogens with one attached hydrogen (secondary N) is 1. The zero-order chi connectivity index (χ0) is 20.0. The molecule has 2 aromatic rings. The van der Waals surface area contributed by atoms with Crippen LogP contribution in [-0.4, -0.2) is 36.3 Å². The molecule has 27 heavy (non-hydrogen) atoms. The monoisotopic (exact) mass is 411 g/mol. The maximum absolute atomic E-state index is 12.6. The zero-order valence-corrected chi connectivity index (χ0v) is 16.8. The van der Waals surface area contributed by atoms with Crippen molar-refractivity contribution in [2.24, 2.45) is 0 Å². The van der Waals surface area contributed by atoms with Crippen molar-refractivity contribution in [1.29, 1.82) is 0 Å². The molecule has 2 rings (SSSR count). The van der Waals surface area contributed by atoms with Gasteiger partial charge in [0.05, 0.1) is 4.90 Å². The number of carbonyl (C=O) groups excluding carboxylic acids is 1. The standard InChI is InChI=1S/C18H22ClN3O4S/c1-3-22(4-2)27(25,26)16-8-9-18(24)21(12-16)13-17(23)20-11-14-6-5-7-15(19)10-14/h5-10,12H,3-4,11,13H2,1-2H3,(H,20,23). The van der Waals surface area contributed by atoms with E-state index in [1.54, 1.807) is 32.0 Å². The number of aromatic nitrogens is 1. The van der Waals surface area contributed by atoms with Gasteiger partial charge in [0.1, 0.15) is 6.54 Å². The van der Waals surface area contributed by atoms with Crippen molar-refractivity contribution in [2.45, 2.75) is 31.8 Å². The number of hydrogen-bond acceptors (Lipinski definition) is 4. The summed E-state index contributed by atoms with van der Waals surface area (Å²) >= 11 is 5.90. The highest BCUT2D eigenvalue weighted by atomic mass is 35.5. The van der Waals surface area contributed by atoms with Gasteiger partial charge in [0.15, 0.2) is 0 Å². The van der Waals surface area contributed by atoms with Crippen molar-refractivity contribution < 1.29 is 13.2 Å². The molecule has 1 N–H and O–H groups in total. The minimum atomic E-state index is -3.71. The maximum atomic E-state index is 12.6. The lowest BCUT2D eigenvalue weighted by molar-refractivity contribution is -0.121. The van der Waals surface area contributed by atoms with Crippen LogP contribution in [0.25, 0.3) is 0 Å². The topological polar surface area (TPSA) is 88.5 Å². The Morgan fingerprint density at radius 2 is 1.89 bits per heavy atom. The van der Waals surface area contributed by atoms with Crippen molar-refractivity contribution in [2.75, 3.05) is 13.1 Å². The molecule has 9 heteroatoms. The lowest BCUT2D eigenvalue weighted by Gasteiger charge is -2.19. The number of benzene rings is 1. The largest absolute Gasteiger partial charge is 0.350 e. The van der Waals surface area contributed by atoms with E-state index in [1.165, 1.54) is 16.6 Å². The fourth-order valence-electron chi connectivity index (χ4n) is 2.56. The van der Waals surface area contributed by atoms with E-state index in [0.29, 0.717) is 18.1 Å². The fraction of sp³-hybridized carbons (Fsp3) is 0.333. The van der Waals surface area contributed by atoms with Gasteiger partial charge in [-0.3, -0.25) is 9.59 Å². The van der Waals surface area contributed by atoms with Gasteiger partial charge in [0, 0.05) is 36.9 Å². The van der Waals surface area contributed by atoms with Gasteiger partial charge < -0.3 is 9.88 Å². The lowest BCUT2D eigenvalue weighted by atomic mass is 10.2. The summed E-state index contributed by atoms with van der Waals surface area (Å²) in [6.45, 7) is 4.09. The molecule has 0 saturated heterocycles. The molecule has 0 spiro atoms. The Hall–Kier alpha value is -2.16. The summed E-state index contributed by atoms with van der Waals surface area (Å²) in [4.78, 5) is 24.2. The van der Waals surface area contributed by atoms with Crippen LogP contribution in [0.3, 0.4) is 0 Å². The van der Waals surface area contributed by atoms with E-state index in [-0.39, 0.29) is 18.0 Å². The molecule has 0 fully saturated rings. The van der Waals surface area contributed by atoms with Crippen LogP contribution in [0.15, 0.2) is 52.3 Å². The highest BCUT2D eigenvalue weighted by molar-refractivity contribution is 7.89. The van der Waals surface area contributed by atoms with Gasteiger partial charge in [0.2, 0.25) is 15.9 Å². The number of sulfonamides is 1. The van der Waals surface area contributed by atoms with Gasteiger partial charge in [-0.15, -0.1) is 0 Å². The highest BCUT2D eigenvalue weighted by Crippen LogP contribution is 2.13. The summed E-state index contributed by atoms with van der Waals surface area (Å²) in [5.74, 6) is -0.408. The molecule has 0 bridgehead atoms. The number of halogens is 1. The van der Waals surface area contributed by atoms with Crippen molar-refractivity contribution in [3.05, 3.63) is 63.5 Å². The summed E-state index contributed by atoms with van der Waals surface area (Å²) in [6.07, 6.45) is 1.20. The van der Waals surface area contributed by atoms with Crippen molar-refractivity contribution in [3.8, 4) is 0 Å². The fourth-order valence-corrected chi connectivity index (χ4v) is 4.25. The van der Waals surface area contributed by atoms with Gasteiger partial charge in [-0.25, -0.2) is 8.42 Å². The summed E-state index contributed by atoms with van der Waals surface area (Å²) in [5.41, 5.74) is 0.368. The molecule has 0 radical (unpaired) electrons. The summed E-state index contributed by atoms with van der Waals surface area (Å²) in [5, 5.41) is 3.25. The first-order chi connectivity index (χ1) is 12.8. The van der Waals surface area contributed by atoms with Crippen molar-refractivity contribution in [3.63, 3.8) is 0 Å². The van der Waals surface area contributed by atoms with Crippen LogP contribution in [0, 0.1) is 0 Å². The first kappa shape index (κ1) is 21.1. The van der Waals surface area contributed by atoms with Crippen LogP contribution >= 0.6 is 11.6 Å². The Kier molecular flexibility index (Phi) is 7.18. The molecule has 1 aromatic carbocycles. The molecule has 1 aromatic heterocycles. The molecule has 0 unspecified atom stereocenters. The molecular formula is C18H22ClN3O4S. The quantitative estimate of drug-likeness (QED) is 0.717. The van der Waals surface area contributed by atoms with Gasteiger partial charge in [-0.05, 0) is 23.8 Å². The van der Waals surface area contributed by atoms with E-state index in [0.717, 1.165) is 16.2 Å². The van der Waals surface area contributed by atoms with E-state index in [9.17, 15) is 18.0 Å². The van der Waals surface area contributed by atoms with E-state index >= 15 is 0 Å². The number of rotatable bonds is 8. The van der Waals surface area contributed by atoms with Gasteiger partial charge in [0.25, 0.3) is 5.56 Å². The average molecular weight is 412 g/mol. The molecule has 7 nitrogen and oxygen atoms in total. The molecule has 0 aliphatic rings. The number of carbonyl (C=O) groups is 1. The van der Waals surface area contributed by atoms with E-state index < -0.39 is 21.5 Å². The third-order valence-corrected chi connectivity index (χ3v) is 6.26. The Balaban J connectivity index is 2.14. The van der Waals surface area contributed by atoms with Gasteiger partial charge in [-0.2, -0.15) is 4.31 Å². The number of pyridine rings is 1. The Bertz CT molecular complexity index is 969. The molecule has 1 amide bonds. The maximum Gasteiger partial charge on any atom is 0.251 e. The first-order valence-corrected chi connectivity index (χ1v) is 10.3. The smallest absolute Gasteiger partial charge is 0.251 e.